The van der Waals surface area contributed by atoms with Crippen molar-refractivity contribution in [2.24, 2.45) is 40.9 Å². The molecule has 2 saturated carbocycles. The van der Waals surface area contributed by atoms with Crippen molar-refractivity contribution in [2.45, 2.75) is 74.7 Å². The Hall–Kier alpha value is 0. The molecule has 0 amide bonds. The first-order valence-corrected chi connectivity index (χ1v) is 8.22. The van der Waals surface area contributed by atoms with Crippen molar-refractivity contribution in [1.82, 2.24) is 0 Å². The fourth-order valence-electron chi connectivity index (χ4n) is 3.73. The Bertz CT molecular complexity index is 221. The topological polar surface area (TPSA) is 0 Å². The van der Waals surface area contributed by atoms with Gasteiger partial charge in [-0.3, -0.25) is 0 Å². The third-order valence-electron chi connectivity index (χ3n) is 5.73. The van der Waals surface area contributed by atoms with Gasteiger partial charge in [-0.1, -0.05) is 55.4 Å². The Morgan fingerprint density at radius 3 is 1.06 bits per heavy atom. The Morgan fingerprint density at radius 1 is 0.667 bits per heavy atom. The van der Waals surface area contributed by atoms with E-state index in [1.54, 1.807) is 0 Å². The number of hydrogen-bond donors (Lipinski definition) is 0. The molecular formula is C18H36. The van der Waals surface area contributed by atoms with Crippen LogP contribution in [0.15, 0.2) is 0 Å². The molecule has 2 fully saturated rings. The van der Waals surface area contributed by atoms with Gasteiger partial charge in [-0.05, 0) is 60.2 Å². The van der Waals surface area contributed by atoms with Gasteiger partial charge in [-0.15, -0.1) is 0 Å². The molecule has 0 spiro atoms. The van der Waals surface area contributed by atoms with E-state index in [0.29, 0.717) is 0 Å². The zero-order valence-corrected chi connectivity index (χ0v) is 14.1. The zero-order valence-electron chi connectivity index (χ0n) is 14.1. The monoisotopic (exact) mass is 252 g/mol. The van der Waals surface area contributed by atoms with Crippen LogP contribution in [0.3, 0.4) is 0 Å². The highest BCUT2D eigenvalue weighted by Crippen LogP contribution is 2.57. The molecule has 108 valence electrons. The largest absolute Gasteiger partial charge is 0.0625 e. The lowest BCUT2D eigenvalue weighted by atomic mass is 9.82. The third-order valence-corrected chi connectivity index (χ3v) is 5.73. The molecule has 0 bridgehead atoms. The normalized spacial score (nSPS) is 28.7. The van der Waals surface area contributed by atoms with Crippen LogP contribution in [-0.2, 0) is 0 Å². The van der Waals surface area contributed by atoms with Crippen LogP contribution in [-0.4, -0.2) is 0 Å². The first-order chi connectivity index (χ1) is 8.22. The molecule has 0 heterocycles. The van der Waals surface area contributed by atoms with E-state index in [9.17, 15) is 0 Å². The lowest BCUT2D eigenvalue weighted by molar-refractivity contribution is 0.260. The summed E-state index contributed by atoms with van der Waals surface area (Å²) >= 11 is 0. The summed E-state index contributed by atoms with van der Waals surface area (Å²) in [4.78, 5) is 0. The standard InChI is InChI=1S/2C9H18/c1-7(2)9(5-6-9)8(3)4;1-6(2)8-5-9(8)7(3)4/h7-8H,5-6H2,1-4H3;6-9H,5H2,1-4H3. The van der Waals surface area contributed by atoms with Gasteiger partial charge in [0.25, 0.3) is 0 Å². The van der Waals surface area contributed by atoms with Crippen LogP contribution >= 0.6 is 0 Å². The second-order valence-corrected chi connectivity index (χ2v) is 8.09. The van der Waals surface area contributed by atoms with Crippen molar-refractivity contribution in [1.29, 1.82) is 0 Å². The predicted molar refractivity (Wildman–Crippen MR) is 82.6 cm³/mol. The van der Waals surface area contributed by atoms with Gasteiger partial charge in [0, 0.05) is 0 Å². The summed E-state index contributed by atoms with van der Waals surface area (Å²) in [6, 6.07) is 0. The van der Waals surface area contributed by atoms with Gasteiger partial charge in [0.2, 0.25) is 0 Å². The summed E-state index contributed by atoms with van der Waals surface area (Å²) in [5.41, 5.74) is 0.750. The van der Waals surface area contributed by atoms with E-state index in [-0.39, 0.29) is 0 Å². The zero-order chi connectivity index (χ0) is 14.1. The number of rotatable bonds is 4. The van der Waals surface area contributed by atoms with Gasteiger partial charge in [0.1, 0.15) is 0 Å². The SMILES string of the molecule is CC(C)C1(C(C)C)CC1.CC(C)C1CC1C(C)C. The van der Waals surface area contributed by atoms with E-state index in [4.69, 9.17) is 0 Å². The van der Waals surface area contributed by atoms with Crippen molar-refractivity contribution in [3.8, 4) is 0 Å². The quantitative estimate of drug-likeness (QED) is 0.574. The molecule has 2 atom stereocenters. The second-order valence-electron chi connectivity index (χ2n) is 8.09. The summed E-state index contributed by atoms with van der Waals surface area (Å²) in [7, 11) is 0. The maximum Gasteiger partial charge on any atom is -0.0251 e. The Labute approximate surface area is 116 Å². The summed E-state index contributed by atoms with van der Waals surface area (Å²) in [5.74, 6) is 5.78. The molecule has 0 radical (unpaired) electrons. The second kappa shape index (κ2) is 5.97. The predicted octanol–water partition coefficient (Wildman–Crippen LogP) is 6.01. The summed E-state index contributed by atoms with van der Waals surface area (Å²) < 4.78 is 0. The molecule has 0 aromatic carbocycles. The molecule has 0 aliphatic heterocycles. The lowest BCUT2D eigenvalue weighted by Gasteiger charge is -2.23. The molecule has 0 heteroatoms. The molecule has 0 N–H and O–H groups in total. The van der Waals surface area contributed by atoms with E-state index in [2.05, 4.69) is 55.4 Å². The van der Waals surface area contributed by atoms with Gasteiger partial charge in [0.15, 0.2) is 0 Å². The minimum absolute atomic E-state index is 0.750. The lowest BCUT2D eigenvalue weighted by Crippen LogP contribution is -2.16. The molecule has 2 aliphatic carbocycles. The van der Waals surface area contributed by atoms with Gasteiger partial charge < -0.3 is 0 Å². The van der Waals surface area contributed by atoms with Crippen LogP contribution in [0.25, 0.3) is 0 Å². The van der Waals surface area contributed by atoms with E-state index in [1.165, 1.54) is 19.3 Å². The van der Waals surface area contributed by atoms with Gasteiger partial charge in [-0.2, -0.15) is 0 Å². The highest BCUT2D eigenvalue weighted by atomic mass is 14.5. The fourth-order valence-corrected chi connectivity index (χ4v) is 3.73. The molecule has 0 aromatic heterocycles. The van der Waals surface area contributed by atoms with E-state index < -0.39 is 0 Å². The fraction of sp³-hybridized carbons (Fsp3) is 1.00. The third kappa shape index (κ3) is 3.75. The maximum atomic E-state index is 2.35. The van der Waals surface area contributed by atoms with Crippen LogP contribution in [0.4, 0.5) is 0 Å². The molecule has 2 unspecified atom stereocenters. The molecule has 0 nitrogen and oxygen atoms in total. The van der Waals surface area contributed by atoms with Crippen LogP contribution in [0, 0.1) is 40.9 Å². The maximum absolute atomic E-state index is 2.35. The van der Waals surface area contributed by atoms with E-state index >= 15 is 0 Å². The van der Waals surface area contributed by atoms with E-state index in [1.807, 2.05) is 0 Å². The Balaban J connectivity index is 0.000000180. The molecular weight excluding hydrogens is 216 g/mol. The van der Waals surface area contributed by atoms with Crippen molar-refractivity contribution in [3.05, 3.63) is 0 Å². The summed E-state index contributed by atoms with van der Waals surface area (Å²) in [5, 5.41) is 0. The Kier molecular flexibility index (Phi) is 5.32. The van der Waals surface area contributed by atoms with Crippen molar-refractivity contribution >= 4 is 0 Å². The molecule has 0 saturated heterocycles. The van der Waals surface area contributed by atoms with Crippen LogP contribution < -0.4 is 0 Å². The Morgan fingerprint density at radius 2 is 1.00 bits per heavy atom. The molecule has 18 heavy (non-hydrogen) atoms. The van der Waals surface area contributed by atoms with Gasteiger partial charge >= 0.3 is 0 Å². The highest BCUT2D eigenvalue weighted by Gasteiger charge is 2.47. The molecule has 0 aromatic rings. The van der Waals surface area contributed by atoms with Crippen molar-refractivity contribution < 1.29 is 0 Å². The average Bonchev–Trinajstić information content (AvgIpc) is 3.12. The van der Waals surface area contributed by atoms with Gasteiger partial charge in [-0.25, -0.2) is 0 Å². The minimum atomic E-state index is 0.750. The van der Waals surface area contributed by atoms with E-state index in [0.717, 1.165) is 40.9 Å². The first-order valence-electron chi connectivity index (χ1n) is 8.22. The van der Waals surface area contributed by atoms with Crippen LogP contribution in [0.1, 0.15) is 74.7 Å². The molecule has 2 aliphatic rings. The number of hydrogen-bond acceptors (Lipinski definition) is 0. The summed E-state index contributed by atoms with van der Waals surface area (Å²) in [6.07, 6.45) is 4.44. The van der Waals surface area contributed by atoms with Crippen molar-refractivity contribution in [3.63, 3.8) is 0 Å². The van der Waals surface area contributed by atoms with Crippen LogP contribution in [0.2, 0.25) is 0 Å². The minimum Gasteiger partial charge on any atom is -0.0625 e. The molecule has 2 rings (SSSR count). The summed E-state index contributed by atoms with van der Waals surface area (Å²) in [6.45, 7) is 18.8. The van der Waals surface area contributed by atoms with Crippen LogP contribution in [0.5, 0.6) is 0 Å². The first kappa shape index (κ1) is 16.1. The van der Waals surface area contributed by atoms with Crippen molar-refractivity contribution in [2.75, 3.05) is 0 Å². The average molecular weight is 252 g/mol. The highest BCUT2D eigenvalue weighted by molar-refractivity contribution is 4.97. The smallest absolute Gasteiger partial charge is 0.0251 e. The van der Waals surface area contributed by atoms with Gasteiger partial charge in [0.05, 0.1) is 0 Å².